The molecule has 0 amide bonds. The van der Waals surface area contributed by atoms with E-state index in [0.717, 1.165) is 13.0 Å². The average Bonchev–Trinajstić information content (AvgIpc) is 2.09. The second-order valence-electron chi connectivity index (χ2n) is 3.70. The highest BCUT2D eigenvalue weighted by molar-refractivity contribution is 5.83. The molecule has 0 N–H and O–H groups in total. The van der Waals surface area contributed by atoms with Crippen molar-refractivity contribution >= 4 is 5.78 Å². The van der Waals surface area contributed by atoms with Gasteiger partial charge in [-0.2, -0.15) is 0 Å². The van der Waals surface area contributed by atoms with E-state index in [-0.39, 0.29) is 0 Å². The number of nitrogens with zero attached hydrogens (tertiary/aromatic N) is 1. The van der Waals surface area contributed by atoms with Gasteiger partial charge in [-0.25, -0.2) is 0 Å². The van der Waals surface area contributed by atoms with Gasteiger partial charge in [0.1, 0.15) is 5.78 Å². The average molecular weight is 154 g/mol. The van der Waals surface area contributed by atoms with Gasteiger partial charge in [0, 0.05) is 19.0 Å². The Hall–Kier alpha value is -0.370. The Bertz CT molecular complexity index is 154. The number of hydrogen-bond donors (Lipinski definition) is 0. The van der Waals surface area contributed by atoms with E-state index in [1.165, 1.54) is 5.92 Å². The first-order chi connectivity index (χ1) is 5.09. The zero-order chi connectivity index (χ0) is 8.43. The largest absolute Gasteiger partial charge is 0.298 e. The van der Waals surface area contributed by atoms with Crippen molar-refractivity contribution in [2.75, 3.05) is 13.1 Å². The Labute approximate surface area is 68.6 Å². The lowest BCUT2D eigenvalue weighted by Crippen LogP contribution is -2.30. The van der Waals surface area contributed by atoms with Crippen LogP contribution in [0.5, 0.6) is 0 Å². The summed E-state index contributed by atoms with van der Waals surface area (Å²) in [6.07, 6.45) is 0.743. The van der Waals surface area contributed by atoms with Crippen LogP contribution in [0.4, 0.5) is 0 Å². The van der Waals surface area contributed by atoms with Crippen LogP contribution in [-0.4, -0.2) is 29.8 Å². The summed E-state index contributed by atoms with van der Waals surface area (Å²) in [5.74, 6) is 1.77. The van der Waals surface area contributed by atoms with Gasteiger partial charge >= 0.3 is 0 Å². The third-order valence-corrected chi connectivity index (χ3v) is 2.05. The van der Waals surface area contributed by atoms with Gasteiger partial charge in [0.2, 0.25) is 0 Å². The van der Waals surface area contributed by atoms with E-state index in [0.29, 0.717) is 18.4 Å². The normalized spacial score (nSPS) is 26.9. The lowest BCUT2D eigenvalue weighted by atomic mass is 10.2. The van der Waals surface area contributed by atoms with Crippen LogP contribution in [0, 0.1) is 5.92 Å². The molecule has 0 aromatic rings. The summed E-state index contributed by atoms with van der Waals surface area (Å²) in [7, 11) is 0. The molecule has 11 heavy (non-hydrogen) atoms. The minimum atomic E-state index is 0.388. The van der Waals surface area contributed by atoms with Crippen molar-refractivity contribution in [1.29, 1.82) is 0 Å². The van der Waals surface area contributed by atoms with Gasteiger partial charge in [0.25, 0.3) is 0 Å². The van der Waals surface area contributed by atoms with E-state index >= 15 is 0 Å². The molecule has 1 atom stereocenters. The van der Waals surface area contributed by atoms with Crippen molar-refractivity contribution in [2.45, 2.75) is 33.2 Å². The summed E-state index contributed by atoms with van der Waals surface area (Å²) in [4.78, 5) is 13.2. The Kier molecular flexibility index (Phi) is 2.66. The van der Waals surface area contributed by atoms with E-state index < -0.39 is 0 Å². The molecule has 0 spiro atoms. The van der Waals surface area contributed by atoms with Gasteiger partial charge < -0.3 is 0 Å². The molecular weight excluding hydrogens is 138 g/mol. The van der Waals surface area contributed by atoms with E-state index in [2.05, 4.69) is 25.7 Å². The number of rotatable bonds is 2. The lowest BCUT2D eigenvalue weighted by molar-refractivity contribution is -0.116. The number of hydrogen-bond acceptors (Lipinski definition) is 2. The van der Waals surface area contributed by atoms with Crippen molar-refractivity contribution in [3.63, 3.8) is 0 Å². The van der Waals surface area contributed by atoms with Gasteiger partial charge in [-0.3, -0.25) is 9.69 Å². The summed E-state index contributed by atoms with van der Waals surface area (Å²) in [6, 6.07) is 0.456. The third kappa shape index (κ3) is 2.29. The Morgan fingerprint density at radius 1 is 1.64 bits per heavy atom. The van der Waals surface area contributed by atoms with Crippen molar-refractivity contribution in [1.82, 2.24) is 4.90 Å². The predicted octanol–water partition coefficient (Wildman–Crippen LogP) is 1.26. The minimum Gasteiger partial charge on any atom is -0.298 e. The first-order valence-electron chi connectivity index (χ1n) is 4.14. The summed E-state index contributed by atoms with van der Waals surface area (Å²) in [5.41, 5.74) is 0. The second kappa shape index (κ2) is 3.35. The molecule has 63 valence electrons. The number of Topliss-reactive ketones (excluding diaryl/α,β-unsaturated/α-hetero) is 1. The Balaban J connectivity index is 2.40. The molecule has 1 rings (SSSR count). The van der Waals surface area contributed by atoms with Crippen LogP contribution in [0.1, 0.15) is 27.2 Å². The van der Waals surface area contributed by atoms with E-state index in [1.807, 2.05) is 0 Å². The molecule has 0 aliphatic carbocycles. The maximum absolute atomic E-state index is 11.0. The van der Waals surface area contributed by atoms with Crippen molar-refractivity contribution in [2.24, 2.45) is 0 Å². The highest BCUT2D eigenvalue weighted by atomic mass is 16.1. The Morgan fingerprint density at radius 3 is 2.64 bits per heavy atom. The summed E-state index contributed by atoms with van der Waals surface area (Å²) in [6.45, 7) is 7.97. The number of carbonyl (C=O) groups excluding carboxylic acids is 1. The maximum atomic E-state index is 11.0. The minimum absolute atomic E-state index is 0.388. The summed E-state index contributed by atoms with van der Waals surface area (Å²) in [5, 5.41) is 0. The number of likely N-dealkylation sites (tertiary alicyclic amines) is 1. The fourth-order valence-corrected chi connectivity index (χ4v) is 1.52. The quantitative estimate of drug-likeness (QED) is 0.597. The Morgan fingerprint density at radius 2 is 2.27 bits per heavy atom. The van der Waals surface area contributed by atoms with Crippen LogP contribution >= 0.6 is 0 Å². The molecule has 1 fully saturated rings. The lowest BCUT2D eigenvalue weighted by Gasteiger charge is -2.21. The van der Waals surface area contributed by atoms with Crippen molar-refractivity contribution in [3.05, 3.63) is 5.92 Å². The molecule has 1 radical (unpaired) electrons. The van der Waals surface area contributed by atoms with E-state index in [9.17, 15) is 4.79 Å². The topological polar surface area (TPSA) is 20.3 Å². The first kappa shape index (κ1) is 8.72. The smallest absolute Gasteiger partial charge is 0.148 e. The molecule has 1 unspecified atom stereocenters. The monoisotopic (exact) mass is 154 g/mol. The second-order valence-corrected chi connectivity index (χ2v) is 3.70. The predicted molar refractivity (Wildman–Crippen MR) is 45.3 cm³/mol. The van der Waals surface area contributed by atoms with Crippen molar-refractivity contribution < 1.29 is 4.79 Å². The molecule has 1 aliphatic heterocycles. The molecule has 0 aromatic heterocycles. The van der Waals surface area contributed by atoms with Crippen LogP contribution in [0.3, 0.4) is 0 Å². The SMILES string of the molecule is C[C](C)CN1CC(=O)CC1C. The number of ketones is 1. The fraction of sp³-hybridized carbons (Fsp3) is 0.778. The van der Waals surface area contributed by atoms with Crippen LogP contribution in [0.2, 0.25) is 0 Å². The fourth-order valence-electron chi connectivity index (χ4n) is 1.52. The molecule has 1 aliphatic rings. The van der Waals surface area contributed by atoms with Crippen LogP contribution in [0.25, 0.3) is 0 Å². The zero-order valence-electron chi connectivity index (χ0n) is 7.55. The number of carbonyl (C=O) groups is 1. The van der Waals surface area contributed by atoms with Gasteiger partial charge in [-0.1, -0.05) is 13.8 Å². The van der Waals surface area contributed by atoms with Crippen LogP contribution < -0.4 is 0 Å². The summed E-state index contributed by atoms with van der Waals surface area (Å²) >= 11 is 0. The van der Waals surface area contributed by atoms with Gasteiger partial charge in [0.05, 0.1) is 6.54 Å². The highest BCUT2D eigenvalue weighted by Crippen LogP contribution is 2.15. The highest BCUT2D eigenvalue weighted by Gasteiger charge is 2.26. The van der Waals surface area contributed by atoms with E-state index in [4.69, 9.17) is 0 Å². The molecule has 0 aromatic carbocycles. The van der Waals surface area contributed by atoms with Crippen molar-refractivity contribution in [3.8, 4) is 0 Å². The molecule has 2 nitrogen and oxygen atoms in total. The maximum Gasteiger partial charge on any atom is 0.148 e. The van der Waals surface area contributed by atoms with Gasteiger partial charge in [-0.15, -0.1) is 0 Å². The third-order valence-electron chi connectivity index (χ3n) is 2.05. The first-order valence-corrected chi connectivity index (χ1v) is 4.14. The molecular formula is C9H16NO. The standard InChI is InChI=1S/C9H16NO/c1-7(2)5-10-6-9(11)4-8(10)3/h8H,4-6H2,1-3H3. The summed E-state index contributed by atoms with van der Waals surface area (Å²) < 4.78 is 0. The van der Waals surface area contributed by atoms with Crippen LogP contribution in [-0.2, 0) is 4.79 Å². The van der Waals surface area contributed by atoms with Crippen LogP contribution in [0.15, 0.2) is 0 Å². The molecule has 1 saturated heterocycles. The van der Waals surface area contributed by atoms with Gasteiger partial charge in [-0.05, 0) is 12.8 Å². The molecule has 1 heterocycles. The zero-order valence-corrected chi connectivity index (χ0v) is 7.55. The molecule has 2 heteroatoms. The molecule has 0 bridgehead atoms. The van der Waals surface area contributed by atoms with Gasteiger partial charge in [0.15, 0.2) is 0 Å². The molecule has 0 saturated carbocycles. The van der Waals surface area contributed by atoms with E-state index in [1.54, 1.807) is 0 Å².